The lowest BCUT2D eigenvalue weighted by molar-refractivity contribution is 0.263. The first-order valence-electron chi connectivity index (χ1n) is 5.13. The fourth-order valence-corrected chi connectivity index (χ4v) is 2.11. The SMILES string of the molecule is OCC[C@@H]1CCN(c2ncc(Br)cn2)C1. The van der Waals surface area contributed by atoms with Crippen molar-refractivity contribution in [2.24, 2.45) is 5.92 Å². The van der Waals surface area contributed by atoms with Gasteiger partial charge in [-0.15, -0.1) is 0 Å². The average molecular weight is 272 g/mol. The molecule has 1 atom stereocenters. The average Bonchev–Trinajstić information content (AvgIpc) is 2.68. The summed E-state index contributed by atoms with van der Waals surface area (Å²) in [5.74, 6) is 1.38. The lowest BCUT2D eigenvalue weighted by atomic mass is 10.1. The second kappa shape index (κ2) is 4.90. The number of hydrogen-bond acceptors (Lipinski definition) is 4. The number of nitrogens with zero attached hydrogens (tertiary/aromatic N) is 3. The van der Waals surface area contributed by atoms with Gasteiger partial charge in [-0.2, -0.15) is 0 Å². The smallest absolute Gasteiger partial charge is 0.225 e. The highest BCUT2D eigenvalue weighted by atomic mass is 79.9. The molecule has 0 amide bonds. The highest BCUT2D eigenvalue weighted by Gasteiger charge is 2.23. The zero-order chi connectivity index (χ0) is 10.7. The van der Waals surface area contributed by atoms with Crippen LogP contribution in [0.25, 0.3) is 0 Å². The van der Waals surface area contributed by atoms with Crippen molar-refractivity contribution in [2.45, 2.75) is 12.8 Å². The second-order valence-corrected chi connectivity index (χ2v) is 4.73. The second-order valence-electron chi connectivity index (χ2n) is 3.81. The Kier molecular flexibility index (Phi) is 3.53. The first-order valence-corrected chi connectivity index (χ1v) is 5.92. The monoisotopic (exact) mass is 271 g/mol. The first-order chi connectivity index (χ1) is 7.29. The fraction of sp³-hybridized carbons (Fsp3) is 0.600. The van der Waals surface area contributed by atoms with Crippen LogP contribution < -0.4 is 4.90 Å². The van der Waals surface area contributed by atoms with Gasteiger partial charge in [-0.1, -0.05) is 0 Å². The molecule has 0 unspecified atom stereocenters. The maximum atomic E-state index is 8.86. The standard InChI is InChI=1S/C10H14BrN3O/c11-9-5-12-10(13-6-9)14-3-1-8(7-14)2-4-15/h5-6,8,15H,1-4,7H2/t8-/m0/s1. The van der Waals surface area contributed by atoms with Crippen molar-refractivity contribution < 1.29 is 5.11 Å². The number of hydrogen-bond donors (Lipinski definition) is 1. The summed E-state index contributed by atoms with van der Waals surface area (Å²) in [5.41, 5.74) is 0. The Morgan fingerprint density at radius 2 is 2.20 bits per heavy atom. The van der Waals surface area contributed by atoms with Crippen LogP contribution in [0.2, 0.25) is 0 Å². The van der Waals surface area contributed by atoms with Crippen molar-refractivity contribution in [3.8, 4) is 0 Å². The minimum Gasteiger partial charge on any atom is -0.396 e. The molecule has 0 spiro atoms. The number of rotatable bonds is 3. The van der Waals surface area contributed by atoms with Crippen molar-refractivity contribution in [1.82, 2.24) is 9.97 Å². The van der Waals surface area contributed by atoms with Crippen LogP contribution in [0.5, 0.6) is 0 Å². The van der Waals surface area contributed by atoms with Gasteiger partial charge in [0.25, 0.3) is 0 Å². The van der Waals surface area contributed by atoms with Crippen molar-refractivity contribution in [3.63, 3.8) is 0 Å². The predicted octanol–water partition coefficient (Wildman–Crippen LogP) is 1.45. The quantitative estimate of drug-likeness (QED) is 0.904. The van der Waals surface area contributed by atoms with Crippen LogP contribution in [0.3, 0.4) is 0 Å². The Labute approximate surface area is 97.5 Å². The van der Waals surface area contributed by atoms with E-state index in [0.717, 1.165) is 36.4 Å². The molecule has 1 aliphatic rings. The number of anilines is 1. The highest BCUT2D eigenvalue weighted by Crippen LogP contribution is 2.22. The lowest BCUT2D eigenvalue weighted by Gasteiger charge is -2.15. The topological polar surface area (TPSA) is 49.2 Å². The van der Waals surface area contributed by atoms with Crippen molar-refractivity contribution in [1.29, 1.82) is 0 Å². The number of aliphatic hydroxyl groups is 1. The first kappa shape index (κ1) is 10.8. The van der Waals surface area contributed by atoms with Crippen LogP contribution in [0.4, 0.5) is 5.95 Å². The van der Waals surface area contributed by atoms with Gasteiger partial charge >= 0.3 is 0 Å². The zero-order valence-electron chi connectivity index (χ0n) is 8.43. The van der Waals surface area contributed by atoms with Crippen LogP contribution in [0.1, 0.15) is 12.8 Å². The van der Waals surface area contributed by atoms with E-state index in [1.165, 1.54) is 0 Å². The molecule has 2 rings (SSSR count). The van der Waals surface area contributed by atoms with E-state index >= 15 is 0 Å². The summed E-state index contributed by atoms with van der Waals surface area (Å²) in [5, 5.41) is 8.86. The number of aromatic nitrogens is 2. The molecule has 1 aromatic rings. The van der Waals surface area contributed by atoms with E-state index in [-0.39, 0.29) is 6.61 Å². The van der Waals surface area contributed by atoms with Gasteiger partial charge in [-0.25, -0.2) is 9.97 Å². The van der Waals surface area contributed by atoms with Crippen LogP contribution >= 0.6 is 15.9 Å². The summed E-state index contributed by atoms with van der Waals surface area (Å²) in [4.78, 5) is 10.7. The van der Waals surface area contributed by atoms with Gasteiger partial charge in [0.1, 0.15) is 0 Å². The Hall–Kier alpha value is -0.680. The van der Waals surface area contributed by atoms with Gasteiger partial charge in [0.15, 0.2) is 0 Å². The van der Waals surface area contributed by atoms with E-state index in [2.05, 4.69) is 30.8 Å². The molecule has 1 N–H and O–H groups in total. The summed E-state index contributed by atoms with van der Waals surface area (Å²) in [7, 11) is 0. The van der Waals surface area contributed by atoms with E-state index in [1.807, 2.05) is 0 Å². The van der Waals surface area contributed by atoms with Crippen LogP contribution in [-0.2, 0) is 0 Å². The third kappa shape index (κ3) is 2.66. The Morgan fingerprint density at radius 3 is 2.87 bits per heavy atom. The predicted molar refractivity (Wildman–Crippen MR) is 61.8 cm³/mol. The molecule has 1 fully saturated rings. The van der Waals surface area contributed by atoms with E-state index in [4.69, 9.17) is 5.11 Å². The molecule has 1 aromatic heterocycles. The number of halogens is 1. The molecule has 5 heteroatoms. The molecule has 0 aliphatic carbocycles. The molecular formula is C10H14BrN3O. The third-order valence-corrected chi connectivity index (χ3v) is 3.12. The van der Waals surface area contributed by atoms with Crippen LogP contribution in [0.15, 0.2) is 16.9 Å². The molecule has 0 aromatic carbocycles. The molecule has 0 saturated carbocycles. The van der Waals surface area contributed by atoms with Crippen molar-refractivity contribution >= 4 is 21.9 Å². The molecule has 0 bridgehead atoms. The molecule has 1 saturated heterocycles. The van der Waals surface area contributed by atoms with Crippen LogP contribution in [0, 0.1) is 5.92 Å². The summed E-state index contributed by atoms with van der Waals surface area (Å²) in [6.45, 7) is 2.23. The van der Waals surface area contributed by atoms with E-state index in [0.29, 0.717) is 5.92 Å². The van der Waals surface area contributed by atoms with Crippen molar-refractivity contribution in [2.75, 3.05) is 24.6 Å². The minimum absolute atomic E-state index is 0.277. The van der Waals surface area contributed by atoms with Gasteiger partial charge in [0.05, 0.1) is 4.47 Å². The van der Waals surface area contributed by atoms with E-state index in [1.54, 1.807) is 12.4 Å². The maximum Gasteiger partial charge on any atom is 0.225 e. The largest absolute Gasteiger partial charge is 0.396 e. The molecule has 0 radical (unpaired) electrons. The maximum absolute atomic E-state index is 8.86. The Balaban J connectivity index is 1.98. The Bertz CT molecular complexity index is 317. The van der Waals surface area contributed by atoms with E-state index in [9.17, 15) is 0 Å². The summed E-state index contributed by atoms with van der Waals surface area (Å²) in [6.07, 6.45) is 5.54. The lowest BCUT2D eigenvalue weighted by Crippen LogP contribution is -2.22. The third-order valence-electron chi connectivity index (χ3n) is 2.71. The summed E-state index contributed by atoms with van der Waals surface area (Å²) < 4.78 is 0.900. The summed E-state index contributed by atoms with van der Waals surface area (Å²) >= 11 is 3.31. The molecule has 1 aliphatic heterocycles. The fourth-order valence-electron chi connectivity index (χ4n) is 1.90. The van der Waals surface area contributed by atoms with Gasteiger partial charge in [-0.05, 0) is 34.7 Å². The van der Waals surface area contributed by atoms with Gasteiger partial charge in [0, 0.05) is 32.1 Å². The molecular weight excluding hydrogens is 258 g/mol. The molecule has 82 valence electrons. The molecule has 15 heavy (non-hydrogen) atoms. The van der Waals surface area contributed by atoms with Gasteiger partial charge in [-0.3, -0.25) is 0 Å². The molecule has 2 heterocycles. The van der Waals surface area contributed by atoms with Crippen molar-refractivity contribution in [3.05, 3.63) is 16.9 Å². The molecule has 4 nitrogen and oxygen atoms in total. The van der Waals surface area contributed by atoms with E-state index < -0.39 is 0 Å². The number of aliphatic hydroxyl groups excluding tert-OH is 1. The highest BCUT2D eigenvalue weighted by molar-refractivity contribution is 9.10. The minimum atomic E-state index is 0.277. The normalized spacial score (nSPS) is 20.9. The Morgan fingerprint density at radius 1 is 1.47 bits per heavy atom. The van der Waals surface area contributed by atoms with Crippen LogP contribution in [-0.4, -0.2) is 34.8 Å². The summed E-state index contributed by atoms with van der Waals surface area (Å²) in [6, 6.07) is 0. The zero-order valence-corrected chi connectivity index (χ0v) is 10.0. The van der Waals surface area contributed by atoms with Gasteiger partial charge in [0.2, 0.25) is 5.95 Å². The van der Waals surface area contributed by atoms with Gasteiger partial charge < -0.3 is 10.0 Å².